The largest absolute Gasteiger partial charge is 0.504 e. The molecule has 2 aromatic rings. The molecule has 100 valence electrons. The number of carboxylic acid groups (broad SMARTS) is 1. The Balaban J connectivity index is 0.000000861. The van der Waals surface area contributed by atoms with Crippen LogP contribution in [0.3, 0.4) is 0 Å². The minimum absolute atomic E-state index is 0.0345. The summed E-state index contributed by atoms with van der Waals surface area (Å²) >= 11 is 0. The normalized spacial score (nSPS) is 9.16. The fourth-order valence-corrected chi connectivity index (χ4v) is 1.39. The van der Waals surface area contributed by atoms with E-state index in [2.05, 4.69) is 0 Å². The third kappa shape index (κ3) is 3.74. The maximum atomic E-state index is 11.0. The second kappa shape index (κ2) is 7.06. The lowest BCUT2D eigenvalue weighted by Gasteiger charge is -2.09. The summed E-state index contributed by atoms with van der Waals surface area (Å²) in [6.07, 6.45) is 0. The fourth-order valence-electron chi connectivity index (χ4n) is 1.39. The molecule has 0 spiro atoms. The number of rotatable bonds is 3. The zero-order valence-corrected chi connectivity index (χ0v) is 10.8. The number of ether oxygens (including phenoxy) is 1. The number of carboxylic acids is 1. The average Bonchev–Trinajstić information content (AvgIpc) is 2.44. The van der Waals surface area contributed by atoms with Crippen molar-refractivity contribution in [3.05, 3.63) is 54.1 Å². The number of phenolic OH excluding ortho intramolecular Hbond substituents is 1. The molecule has 0 saturated heterocycles. The van der Waals surface area contributed by atoms with Gasteiger partial charge in [-0.3, -0.25) is 0 Å². The predicted molar refractivity (Wildman–Crippen MR) is 72.9 cm³/mol. The first-order chi connectivity index (χ1) is 9.18. The lowest BCUT2D eigenvalue weighted by atomic mass is 10.2. The van der Waals surface area contributed by atoms with Gasteiger partial charge in [0, 0.05) is 0 Å². The van der Waals surface area contributed by atoms with E-state index in [-0.39, 0.29) is 22.8 Å². The smallest absolute Gasteiger partial charge is 0.339 e. The SMILES string of the molecule is CC.O=C(O)c1ccccc1Oc1ccccc1O. The number of carbonyl (C=O) groups is 1. The van der Waals surface area contributed by atoms with Crippen LogP contribution in [0.15, 0.2) is 48.5 Å². The van der Waals surface area contributed by atoms with E-state index in [1.54, 1.807) is 30.3 Å². The van der Waals surface area contributed by atoms with Crippen molar-refractivity contribution in [1.82, 2.24) is 0 Å². The third-order valence-electron chi connectivity index (χ3n) is 2.20. The van der Waals surface area contributed by atoms with Crippen LogP contribution in [0.5, 0.6) is 17.2 Å². The van der Waals surface area contributed by atoms with Crippen LogP contribution in [-0.4, -0.2) is 16.2 Å². The molecule has 4 nitrogen and oxygen atoms in total. The van der Waals surface area contributed by atoms with Crippen LogP contribution in [0.1, 0.15) is 24.2 Å². The maximum absolute atomic E-state index is 11.0. The monoisotopic (exact) mass is 260 g/mol. The van der Waals surface area contributed by atoms with E-state index in [1.165, 1.54) is 18.2 Å². The molecule has 0 heterocycles. The van der Waals surface area contributed by atoms with Gasteiger partial charge in [-0.1, -0.05) is 38.1 Å². The molecule has 4 heteroatoms. The Morgan fingerprint density at radius 3 is 2.05 bits per heavy atom. The number of hydrogen-bond donors (Lipinski definition) is 2. The van der Waals surface area contributed by atoms with Crippen LogP contribution in [0, 0.1) is 0 Å². The average molecular weight is 260 g/mol. The maximum Gasteiger partial charge on any atom is 0.339 e. The van der Waals surface area contributed by atoms with Crippen LogP contribution in [0.2, 0.25) is 0 Å². The molecule has 0 saturated carbocycles. The molecule has 2 aromatic carbocycles. The van der Waals surface area contributed by atoms with Crippen molar-refractivity contribution in [3.63, 3.8) is 0 Å². The van der Waals surface area contributed by atoms with Crippen LogP contribution in [0.4, 0.5) is 0 Å². The van der Waals surface area contributed by atoms with Gasteiger partial charge < -0.3 is 14.9 Å². The summed E-state index contributed by atoms with van der Waals surface area (Å²) in [5, 5.41) is 18.5. The van der Waals surface area contributed by atoms with Gasteiger partial charge in [0.05, 0.1) is 0 Å². The molecule has 0 bridgehead atoms. The standard InChI is InChI=1S/C13H10O4.C2H6/c14-10-6-2-4-8-12(10)17-11-7-3-1-5-9(11)13(15)16;1-2/h1-8,14H,(H,15,16);1-2H3. The van der Waals surface area contributed by atoms with E-state index in [0.717, 1.165) is 0 Å². The molecule has 2 N–H and O–H groups in total. The highest BCUT2D eigenvalue weighted by Crippen LogP contribution is 2.31. The van der Waals surface area contributed by atoms with E-state index >= 15 is 0 Å². The Kier molecular flexibility index (Phi) is 5.41. The summed E-state index contributed by atoms with van der Waals surface area (Å²) in [4.78, 5) is 11.0. The lowest BCUT2D eigenvalue weighted by molar-refractivity contribution is 0.0694. The van der Waals surface area contributed by atoms with E-state index in [1.807, 2.05) is 13.8 Å². The fraction of sp³-hybridized carbons (Fsp3) is 0.133. The van der Waals surface area contributed by atoms with Gasteiger partial charge in [0.15, 0.2) is 11.5 Å². The minimum atomic E-state index is -1.07. The van der Waals surface area contributed by atoms with Gasteiger partial charge >= 0.3 is 5.97 Å². The molecule has 0 fully saturated rings. The molecule has 2 rings (SSSR count). The quantitative estimate of drug-likeness (QED) is 0.878. The highest BCUT2D eigenvalue weighted by atomic mass is 16.5. The minimum Gasteiger partial charge on any atom is -0.504 e. The van der Waals surface area contributed by atoms with Gasteiger partial charge in [-0.05, 0) is 24.3 Å². The van der Waals surface area contributed by atoms with Crippen LogP contribution in [0.25, 0.3) is 0 Å². The van der Waals surface area contributed by atoms with E-state index in [4.69, 9.17) is 9.84 Å². The Bertz CT molecular complexity index is 549. The highest BCUT2D eigenvalue weighted by Gasteiger charge is 2.12. The van der Waals surface area contributed by atoms with E-state index in [9.17, 15) is 9.90 Å². The molecular weight excluding hydrogens is 244 g/mol. The molecule has 19 heavy (non-hydrogen) atoms. The van der Waals surface area contributed by atoms with Crippen molar-refractivity contribution in [2.45, 2.75) is 13.8 Å². The van der Waals surface area contributed by atoms with Crippen molar-refractivity contribution in [1.29, 1.82) is 0 Å². The molecular formula is C15H16O4. The summed E-state index contributed by atoms with van der Waals surface area (Å²) in [5.74, 6) is -0.689. The number of hydrogen-bond acceptors (Lipinski definition) is 3. The molecule has 0 amide bonds. The van der Waals surface area contributed by atoms with Gasteiger partial charge in [-0.25, -0.2) is 4.79 Å². The van der Waals surface area contributed by atoms with Gasteiger partial charge in [0.25, 0.3) is 0 Å². The van der Waals surface area contributed by atoms with Crippen molar-refractivity contribution >= 4 is 5.97 Å². The van der Waals surface area contributed by atoms with Gasteiger partial charge in [-0.15, -0.1) is 0 Å². The molecule has 0 atom stereocenters. The van der Waals surface area contributed by atoms with E-state index < -0.39 is 5.97 Å². The summed E-state index contributed by atoms with van der Waals surface area (Å²) in [5.41, 5.74) is 0.0516. The number of benzene rings is 2. The summed E-state index contributed by atoms with van der Waals surface area (Å²) in [6, 6.07) is 12.6. The molecule has 0 aliphatic carbocycles. The first-order valence-electron chi connectivity index (χ1n) is 5.96. The molecule has 0 unspecified atom stereocenters. The molecule has 0 aliphatic rings. The molecule has 0 aliphatic heterocycles. The first kappa shape index (κ1) is 14.6. The predicted octanol–water partition coefficient (Wildman–Crippen LogP) is 3.91. The zero-order valence-electron chi connectivity index (χ0n) is 10.8. The van der Waals surface area contributed by atoms with E-state index in [0.29, 0.717) is 0 Å². The molecule has 0 radical (unpaired) electrons. The van der Waals surface area contributed by atoms with Gasteiger partial charge in [-0.2, -0.15) is 0 Å². The second-order valence-electron chi connectivity index (χ2n) is 3.37. The summed E-state index contributed by atoms with van der Waals surface area (Å²) in [7, 11) is 0. The topological polar surface area (TPSA) is 66.8 Å². The number of aromatic carboxylic acids is 1. The van der Waals surface area contributed by atoms with Crippen molar-refractivity contribution in [2.24, 2.45) is 0 Å². The Morgan fingerprint density at radius 1 is 0.947 bits per heavy atom. The summed E-state index contributed by atoms with van der Waals surface area (Å²) < 4.78 is 5.37. The third-order valence-corrected chi connectivity index (χ3v) is 2.20. The van der Waals surface area contributed by atoms with Crippen molar-refractivity contribution < 1.29 is 19.7 Å². The second-order valence-corrected chi connectivity index (χ2v) is 3.37. The number of phenols is 1. The summed E-state index contributed by atoms with van der Waals surface area (Å²) in [6.45, 7) is 4.00. The highest BCUT2D eigenvalue weighted by molar-refractivity contribution is 5.90. The van der Waals surface area contributed by atoms with Crippen LogP contribution >= 0.6 is 0 Å². The van der Waals surface area contributed by atoms with Crippen molar-refractivity contribution in [2.75, 3.05) is 0 Å². The number of aromatic hydroxyl groups is 1. The lowest BCUT2D eigenvalue weighted by Crippen LogP contribution is -1.99. The molecule has 0 aromatic heterocycles. The van der Waals surface area contributed by atoms with Gasteiger partial charge in [0.2, 0.25) is 0 Å². The first-order valence-corrected chi connectivity index (χ1v) is 5.96. The van der Waals surface area contributed by atoms with Gasteiger partial charge in [0.1, 0.15) is 11.3 Å². The Hall–Kier alpha value is -2.49. The zero-order chi connectivity index (χ0) is 14.3. The van der Waals surface area contributed by atoms with Crippen LogP contribution < -0.4 is 4.74 Å². The Morgan fingerprint density at radius 2 is 1.47 bits per heavy atom. The van der Waals surface area contributed by atoms with Crippen LogP contribution in [-0.2, 0) is 0 Å². The number of para-hydroxylation sites is 3. The van der Waals surface area contributed by atoms with Crippen molar-refractivity contribution in [3.8, 4) is 17.2 Å². The Labute approximate surface area is 111 Å².